The van der Waals surface area contributed by atoms with E-state index in [1.54, 1.807) is 31.2 Å². The second kappa shape index (κ2) is 9.81. The molecule has 0 heterocycles. The summed E-state index contributed by atoms with van der Waals surface area (Å²) in [6.07, 6.45) is 5.42. The Bertz CT molecular complexity index is 609. The van der Waals surface area contributed by atoms with Crippen LogP contribution in [0.4, 0.5) is 11.4 Å². The number of rotatable bonds is 7. The Balaban J connectivity index is 1.84. The van der Waals surface area contributed by atoms with Crippen molar-refractivity contribution in [1.82, 2.24) is 0 Å². The van der Waals surface area contributed by atoms with Crippen LogP contribution in [0.3, 0.4) is 0 Å². The number of amides is 2. The summed E-state index contributed by atoms with van der Waals surface area (Å²) in [6.45, 7) is 2.04. The molecule has 136 valence electrons. The van der Waals surface area contributed by atoms with E-state index >= 15 is 0 Å². The lowest BCUT2D eigenvalue weighted by molar-refractivity contribution is -0.144. The summed E-state index contributed by atoms with van der Waals surface area (Å²) >= 11 is 0. The molecule has 1 aliphatic carbocycles. The number of carbonyl (C=O) groups excluding carboxylic acids is 3. The highest BCUT2D eigenvalue weighted by molar-refractivity contribution is 5.95. The summed E-state index contributed by atoms with van der Waals surface area (Å²) in [5.74, 6) is -0.517. The van der Waals surface area contributed by atoms with Gasteiger partial charge in [0.05, 0.1) is 13.0 Å². The molecule has 1 fully saturated rings. The monoisotopic (exact) mass is 346 g/mol. The molecule has 6 heteroatoms. The minimum absolute atomic E-state index is 0.0467. The molecule has 1 aromatic carbocycles. The molecule has 25 heavy (non-hydrogen) atoms. The lowest BCUT2D eigenvalue weighted by Gasteiger charge is -2.20. The Kier molecular flexibility index (Phi) is 7.44. The fourth-order valence-electron chi connectivity index (χ4n) is 2.96. The average Bonchev–Trinajstić information content (AvgIpc) is 2.61. The van der Waals surface area contributed by atoms with Gasteiger partial charge in [0.15, 0.2) is 0 Å². The first-order valence-corrected chi connectivity index (χ1v) is 8.95. The van der Waals surface area contributed by atoms with Gasteiger partial charge in [0.25, 0.3) is 0 Å². The maximum Gasteiger partial charge on any atom is 0.306 e. The molecule has 2 N–H and O–H groups in total. The maximum absolute atomic E-state index is 12.3. The van der Waals surface area contributed by atoms with Crippen molar-refractivity contribution in [2.24, 2.45) is 5.92 Å². The average molecular weight is 346 g/mol. The Morgan fingerprint density at radius 3 is 2.40 bits per heavy atom. The van der Waals surface area contributed by atoms with Crippen LogP contribution in [0.1, 0.15) is 51.9 Å². The van der Waals surface area contributed by atoms with Crippen LogP contribution in [0.25, 0.3) is 0 Å². The largest absolute Gasteiger partial charge is 0.466 e. The molecule has 0 saturated heterocycles. The second-order valence-corrected chi connectivity index (χ2v) is 6.26. The van der Waals surface area contributed by atoms with Crippen molar-refractivity contribution in [3.63, 3.8) is 0 Å². The molecule has 1 aromatic rings. The third kappa shape index (κ3) is 6.57. The summed E-state index contributed by atoms with van der Waals surface area (Å²) in [5.41, 5.74) is 1.26. The van der Waals surface area contributed by atoms with Crippen molar-refractivity contribution < 1.29 is 19.1 Å². The SMILES string of the molecule is CCOC(=O)CCC(=O)Nc1cccc(NC(=O)C2CCCCC2)c1. The zero-order valence-corrected chi connectivity index (χ0v) is 14.7. The lowest BCUT2D eigenvalue weighted by atomic mass is 9.88. The van der Waals surface area contributed by atoms with Gasteiger partial charge in [-0.05, 0) is 38.0 Å². The highest BCUT2D eigenvalue weighted by Gasteiger charge is 2.21. The predicted octanol–water partition coefficient (Wildman–Crippen LogP) is 3.49. The molecular formula is C19H26N2O4. The van der Waals surface area contributed by atoms with Crippen molar-refractivity contribution in [1.29, 1.82) is 0 Å². The third-order valence-corrected chi connectivity index (χ3v) is 4.25. The Morgan fingerprint density at radius 1 is 1.04 bits per heavy atom. The minimum atomic E-state index is -0.383. The molecule has 0 spiro atoms. The minimum Gasteiger partial charge on any atom is -0.466 e. The molecular weight excluding hydrogens is 320 g/mol. The molecule has 0 atom stereocenters. The highest BCUT2D eigenvalue weighted by atomic mass is 16.5. The third-order valence-electron chi connectivity index (χ3n) is 4.25. The predicted molar refractivity (Wildman–Crippen MR) is 96.1 cm³/mol. The molecule has 1 saturated carbocycles. The van der Waals surface area contributed by atoms with Gasteiger partial charge < -0.3 is 15.4 Å². The smallest absolute Gasteiger partial charge is 0.306 e. The van der Waals surface area contributed by atoms with Crippen molar-refractivity contribution in [3.8, 4) is 0 Å². The van der Waals surface area contributed by atoms with Crippen LogP contribution >= 0.6 is 0 Å². The van der Waals surface area contributed by atoms with Gasteiger partial charge >= 0.3 is 5.97 Å². The fraction of sp³-hybridized carbons (Fsp3) is 0.526. The van der Waals surface area contributed by atoms with E-state index in [1.807, 2.05) is 0 Å². The van der Waals surface area contributed by atoms with Crippen LogP contribution in [-0.4, -0.2) is 24.4 Å². The topological polar surface area (TPSA) is 84.5 Å². The number of ether oxygens (including phenoxy) is 1. The first-order valence-electron chi connectivity index (χ1n) is 8.95. The zero-order chi connectivity index (χ0) is 18.1. The molecule has 0 bridgehead atoms. The number of benzene rings is 1. The van der Waals surface area contributed by atoms with Gasteiger partial charge in [-0.15, -0.1) is 0 Å². The fourth-order valence-corrected chi connectivity index (χ4v) is 2.96. The number of esters is 1. The number of hydrogen-bond acceptors (Lipinski definition) is 4. The van der Waals surface area contributed by atoms with Gasteiger partial charge in [-0.3, -0.25) is 14.4 Å². The van der Waals surface area contributed by atoms with E-state index in [0.717, 1.165) is 25.7 Å². The molecule has 1 aliphatic rings. The summed E-state index contributed by atoms with van der Waals surface area (Å²) < 4.78 is 4.80. The standard InChI is InChI=1S/C19H26N2O4/c1-2-25-18(23)12-11-17(22)20-15-9-6-10-16(13-15)21-19(24)14-7-4-3-5-8-14/h6,9-10,13-14H,2-5,7-8,11-12H2,1H3,(H,20,22)(H,21,24). The molecule has 6 nitrogen and oxygen atoms in total. The molecule has 0 radical (unpaired) electrons. The van der Waals surface area contributed by atoms with Gasteiger partial charge in [-0.25, -0.2) is 0 Å². The van der Waals surface area contributed by atoms with E-state index in [0.29, 0.717) is 18.0 Å². The van der Waals surface area contributed by atoms with Gasteiger partial charge in [0.1, 0.15) is 0 Å². The second-order valence-electron chi connectivity index (χ2n) is 6.26. The van der Waals surface area contributed by atoms with Gasteiger partial charge in [0.2, 0.25) is 11.8 Å². The summed E-state index contributed by atoms with van der Waals surface area (Å²) in [7, 11) is 0. The molecule has 0 aliphatic heterocycles. The van der Waals surface area contributed by atoms with Crippen LogP contribution in [0.2, 0.25) is 0 Å². The van der Waals surface area contributed by atoms with Gasteiger partial charge in [-0.2, -0.15) is 0 Å². The van der Waals surface area contributed by atoms with E-state index in [2.05, 4.69) is 10.6 Å². The molecule has 0 aromatic heterocycles. The van der Waals surface area contributed by atoms with Crippen LogP contribution in [0.15, 0.2) is 24.3 Å². The zero-order valence-electron chi connectivity index (χ0n) is 14.7. The maximum atomic E-state index is 12.3. The molecule has 2 rings (SSSR count). The Labute approximate surface area is 148 Å². The first kappa shape index (κ1) is 19.0. The van der Waals surface area contributed by atoms with Crippen molar-refractivity contribution >= 4 is 29.2 Å². The first-order chi connectivity index (χ1) is 12.1. The van der Waals surface area contributed by atoms with Crippen LogP contribution in [0, 0.1) is 5.92 Å². The van der Waals surface area contributed by atoms with E-state index in [9.17, 15) is 14.4 Å². The number of nitrogens with one attached hydrogen (secondary N) is 2. The quantitative estimate of drug-likeness (QED) is 0.740. The van der Waals surface area contributed by atoms with Crippen LogP contribution in [0.5, 0.6) is 0 Å². The van der Waals surface area contributed by atoms with Crippen LogP contribution in [-0.2, 0) is 19.1 Å². The van der Waals surface area contributed by atoms with Crippen molar-refractivity contribution in [2.75, 3.05) is 17.2 Å². The molecule has 0 unspecified atom stereocenters. The van der Waals surface area contributed by atoms with E-state index in [4.69, 9.17) is 4.74 Å². The summed E-state index contributed by atoms with van der Waals surface area (Å²) in [4.78, 5) is 35.5. The number of carbonyl (C=O) groups is 3. The van der Waals surface area contributed by atoms with Gasteiger partial charge in [-0.1, -0.05) is 25.3 Å². The van der Waals surface area contributed by atoms with Crippen LogP contribution < -0.4 is 10.6 Å². The normalized spacial score (nSPS) is 14.6. The van der Waals surface area contributed by atoms with E-state index < -0.39 is 0 Å². The lowest BCUT2D eigenvalue weighted by Crippen LogP contribution is -2.24. The number of anilines is 2. The van der Waals surface area contributed by atoms with Crippen molar-refractivity contribution in [2.45, 2.75) is 51.9 Å². The molecule has 2 amide bonds. The Hall–Kier alpha value is -2.37. The van der Waals surface area contributed by atoms with E-state index in [1.165, 1.54) is 6.42 Å². The summed E-state index contributed by atoms with van der Waals surface area (Å²) in [6, 6.07) is 7.05. The highest BCUT2D eigenvalue weighted by Crippen LogP contribution is 2.25. The Morgan fingerprint density at radius 2 is 1.72 bits per heavy atom. The number of hydrogen-bond donors (Lipinski definition) is 2. The van der Waals surface area contributed by atoms with Crippen molar-refractivity contribution in [3.05, 3.63) is 24.3 Å². The summed E-state index contributed by atoms with van der Waals surface area (Å²) in [5, 5.41) is 5.66. The van der Waals surface area contributed by atoms with Gasteiger partial charge in [0, 0.05) is 23.7 Å². The van der Waals surface area contributed by atoms with E-state index in [-0.39, 0.29) is 36.5 Å².